The van der Waals surface area contributed by atoms with E-state index in [4.69, 9.17) is 0 Å². The molecule has 350 valence electrons. The lowest BCUT2D eigenvalue weighted by Gasteiger charge is -2.21. The van der Waals surface area contributed by atoms with Gasteiger partial charge in [0.1, 0.15) is 0 Å². The van der Waals surface area contributed by atoms with Crippen LogP contribution in [0, 0.1) is 0 Å². The molecule has 0 aromatic heterocycles. The zero-order valence-electron chi connectivity index (χ0n) is 41.7. The van der Waals surface area contributed by atoms with E-state index in [0.717, 1.165) is 57.8 Å². The molecule has 0 aliphatic carbocycles. The number of benzene rings is 13. The minimum Gasteiger partial charge on any atom is -0.0616 e. The van der Waals surface area contributed by atoms with Crippen LogP contribution in [0.15, 0.2) is 200 Å². The first-order valence-corrected chi connectivity index (χ1v) is 27.1. The van der Waals surface area contributed by atoms with E-state index in [0.29, 0.717) is 0 Å². The first-order valence-electron chi connectivity index (χ1n) is 27.1. The number of hydrogen-bond acceptors (Lipinski definition) is 0. The molecule has 0 nitrogen and oxygen atoms in total. The molecule has 72 heavy (non-hydrogen) atoms. The standard InChI is InChI=1S/C72H62/c1-2-48-43-55(27-6-3-21-49-44-52-24-9-12-30-58(52)68-36-18-15-33-61(49)68)65-41-42-67-57(29-8-5-23-51-46-54-26-11-14-32-60(54)70-38-20-17-35-63(51)70)47-56(66-40-39-64(48)71(65)72(66)67)28-7-4-22-50-45-53-25-10-13-31-59(53)69-37-19-16-34-62(50)69/h9-20,24-26,30-47H,2-8,21-23,27-29H2,1H3. The van der Waals surface area contributed by atoms with Crippen LogP contribution in [0.2, 0.25) is 0 Å². The number of rotatable bonds is 16. The fourth-order valence-corrected chi connectivity index (χ4v) is 13.1. The van der Waals surface area contributed by atoms with Gasteiger partial charge < -0.3 is 0 Å². The second-order valence-corrected chi connectivity index (χ2v) is 20.8. The van der Waals surface area contributed by atoms with Gasteiger partial charge in [-0.05, 0) is 219 Å². The molecule has 0 spiro atoms. The maximum atomic E-state index is 2.64. The van der Waals surface area contributed by atoms with Crippen LogP contribution in [0.4, 0.5) is 0 Å². The monoisotopic (exact) mass is 926 g/mol. The van der Waals surface area contributed by atoms with Crippen LogP contribution in [0.5, 0.6) is 0 Å². The second-order valence-electron chi connectivity index (χ2n) is 20.8. The smallest absolute Gasteiger partial charge is 0.00211 e. The Morgan fingerprint density at radius 2 is 0.444 bits per heavy atom. The summed E-state index contributed by atoms with van der Waals surface area (Å²) in [5.74, 6) is 0. The molecule has 0 aliphatic rings. The Morgan fingerprint density at radius 1 is 0.208 bits per heavy atom. The van der Waals surface area contributed by atoms with Crippen molar-refractivity contribution in [3.05, 3.63) is 239 Å². The summed E-state index contributed by atoms with van der Waals surface area (Å²) < 4.78 is 0. The molecule has 0 unspecified atom stereocenters. The van der Waals surface area contributed by atoms with E-state index in [2.05, 4.69) is 207 Å². The maximum Gasteiger partial charge on any atom is -0.00211 e. The third-order valence-electron chi connectivity index (χ3n) is 16.6. The van der Waals surface area contributed by atoms with Crippen LogP contribution < -0.4 is 0 Å². The van der Waals surface area contributed by atoms with Gasteiger partial charge in [0.25, 0.3) is 0 Å². The van der Waals surface area contributed by atoms with Crippen LogP contribution in [-0.2, 0) is 44.9 Å². The summed E-state index contributed by atoms with van der Waals surface area (Å²) in [5.41, 5.74) is 10.5. The fourth-order valence-electron chi connectivity index (χ4n) is 13.1. The predicted octanol–water partition coefficient (Wildman–Crippen LogP) is 19.8. The number of hydrogen-bond donors (Lipinski definition) is 0. The third kappa shape index (κ3) is 8.03. The first-order chi connectivity index (χ1) is 35.7. The van der Waals surface area contributed by atoms with Gasteiger partial charge in [-0.1, -0.05) is 207 Å². The van der Waals surface area contributed by atoms with Crippen molar-refractivity contribution >= 4 is 97.0 Å². The van der Waals surface area contributed by atoms with Gasteiger partial charge in [-0.15, -0.1) is 0 Å². The molecule has 0 heteroatoms. The maximum absolute atomic E-state index is 2.64. The highest BCUT2D eigenvalue weighted by molar-refractivity contribution is 6.25. The van der Waals surface area contributed by atoms with Gasteiger partial charge in [-0.3, -0.25) is 0 Å². The van der Waals surface area contributed by atoms with Crippen molar-refractivity contribution in [2.75, 3.05) is 0 Å². The van der Waals surface area contributed by atoms with Crippen molar-refractivity contribution in [2.24, 2.45) is 0 Å². The van der Waals surface area contributed by atoms with Crippen LogP contribution in [0.3, 0.4) is 0 Å². The Kier molecular flexibility index (Phi) is 11.9. The van der Waals surface area contributed by atoms with Gasteiger partial charge in [0.2, 0.25) is 0 Å². The highest BCUT2D eigenvalue weighted by atomic mass is 14.2. The van der Waals surface area contributed by atoms with Gasteiger partial charge in [-0.2, -0.15) is 0 Å². The third-order valence-corrected chi connectivity index (χ3v) is 16.6. The summed E-state index contributed by atoms with van der Waals surface area (Å²) in [7, 11) is 0. The molecule has 0 atom stereocenters. The summed E-state index contributed by atoms with van der Waals surface area (Å²) in [6.45, 7) is 2.36. The molecule has 0 saturated heterocycles. The summed E-state index contributed by atoms with van der Waals surface area (Å²) in [6.07, 6.45) is 14.6. The molecule has 13 aromatic rings. The number of aryl methyl sites for hydroxylation is 7. The van der Waals surface area contributed by atoms with Crippen molar-refractivity contribution in [3.63, 3.8) is 0 Å². The summed E-state index contributed by atoms with van der Waals surface area (Å²) in [4.78, 5) is 0. The quantitative estimate of drug-likeness (QED) is 0.0669. The molecule has 0 radical (unpaired) electrons. The van der Waals surface area contributed by atoms with E-state index in [1.807, 2.05) is 0 Å². The van der Waals surface area contributed by atoms with E-state index >= 15 is 0 Å². The number of unbranched alkanes of at least 4 members (excludes halogenated alkanes) is 3. The Balaban J connectivity index is 0.821. The van der Waals surface area contributed by atoms with E-state index in [9.17, 15) is 0 Å². The van der Waals surface area contributed by atoms with Gasteiger partial charge in [0.15, 0.2) is 0 Å². The summed E-state index contributed by atoms with van der Waals surface area (Å²) in [5, 5.41) is 25.3. The minimum atomic E-state index is 1.04. The van der Waals surface area contributed by atoms with E-state index in [1.165, 1.54) is 162 Å². The molecular formula is C72H62. The average Bonchev–Trinajstić information content (AvgIpc) is 3.44. The average molecular weight is 927 g/mol. The molecule has 0 N–H and O–H groups in total. The molecular weight excluding hydrogens is 865 g/mol. The molecule has 0 amide bonds. The minimum absolute atomic E-state index is 1.04. The fraction of sp³-hybridized carbons (Fsp3) is 0.194. The SMILES string of the molecule is CCc1cc(CCCCc2cc3ccccc3c3ccccc23)c2ccc3c(CCCCc4cc5ccccc5c5ccccc45)cc(CCCCc4cc5ccccc5c5ccccc45)c4ccc1c2c43. The predicted molar refractivity (Wildman–Crippen MR) is 314 cm³/mol. The Bertz CT molecular complexity index is 4000. The van der Waals surface area contributed by atoms with Crippen LogP contribution >= 0.6 is 0 Å². The molecule has 13 rings (SSSR count). The van der Waals surface area contributed by atoms with Gasteiger partial charge in [0.05, 0.1) is 0 Å². The van der Waals surface area contributed by atoms with Crippen molar-refractivity contribution in [3.8, 4) is 0 Å². The van der Waals surface area contributed by atoms with Crippen LogP contribution in [-0.4, -0.2) is 0 Å². The lowest BCUT2D eigenvalue weighted by Crippen LogP contribution is -2.00. The van der Waals surface area contributed by atoms with Crippen molar-refractivity contribution in [1.29, 1.82) is 0 Å². The second kappa shape index (κ2) is 19.2. The largest absolute Gasteiger partial charge is 0.0616 e. The highest BCUT2D eigenvalue weighted by Crippen LogP contribution is 2.42. The summed E-state index contributed by atoms with van der Waals surface area (Å²) >= 11 is 0. The Morgan fingerprint density at radius 3 is 0.750 bits per heavy atom. The van der Waals surface area contributed by atoms with Crippen LogP contribution in [0.25, 0.3) is 97.0 Å². The topological polar surface area (TPSA) is 0 Å². The zero-order valence-corrected chi connectivity index (χ0v) is 41.7. The van der Waals surface area contributed by atoms with Crippen LogP contribution in [0.1, 0.15) is 84.4 Å². The molecule has 0 saturated carbocycles. The van der Waals surface area contributed by atoms with E-state index in [1.54, 1.807) is 0 Å². The highest BCUT2D eigenvalue weighted by Gasteiger charge is 2.19. The molecule has 0 heterocycles. The Hall–Kier alpha value is -7.54. The van der Waals surface area contributed by atoms with Gasteiger partial charge in [-0.25, -0.2) is 0 Å². The lowest BCUT2D eigenvalue weighted by atomic mass is 9.83. The van der Waals surface area contributed by atoms with Crippen molar-refractivity contribution < 1.29 is 0 Å². The van der Waals surface area contributed by atoms with E-state index in [-0.39, 0.29) is 0 Å². The molecule has 13 aromatic carbocycles. The zero-order chi connectivity index (χ0) is 48.0. The summed E-state index contributed by atoms with van der Waals surface area (Å²) in [6, 6.07) is 76.4. The normalized spacial score (nSPS) is 12.1. The number of fused-ring (bicyclic) bond motifs is 9. The Labute approximate surface area is 424 Å². The molecule has 0 fully saturated rings. The lowest BCUT2D eigenvalue weighted by molar-refractivity contribution is 0.731. The van der Waals surface area contributed by atoms with Gasteiger partial charge >= 0.3 is 0 Å². The van der Waals surface area contributed by atoms with E-state index < -0.39 is 0 Å². The van der Waals surface area contributed by atoms with Gasteiger partial charge in [0, 0.05) is 0 Å². The molecule has 0 bridgehead atoms. The first kappa shape index (κ1) is 44.4. The van der Waals surface area contributed by atoms with Crippen molar-refractivity contribution in [1.82, 2.24) is 0 Å². The van der Waals surface area contributed by atoms with Crippen molar-refractivity contribution in [2.45, 2.75) is 90.4 Å². The molecule has 0 aliphatic heterocycles.